The highest BCUT2D eigenvalue weighted by Crippen LogP contribution is 2.13. The monoisotopic (exact) mass is 276 g/mol. The Hall–Kier alpha value is -0.700. The third-order valence-electron chi connectivity index (χ3n) is 3.37. The summed E-state index contributed by atoms with van der Waals surface area (Å²) in [5.74, 6) is -0.133. The number of rotatable bonds is 2. The largest absolute Gasteiger partial charge is 0.345 e. The Morgan fingerprint density at radius 1 is 1.06 bits per heavy atom. The molecule has 104 valence electrons. The van der Waals surface area contributed by atoms with Gasteiger partial charge in [0.2, 0.25) is 5.91 Å². The van der Waals surface area contributed by atoms with E-state index >= 15 is 0 Å². The zero-order valence-corrected chi connectivity index (χ0v) is 11.4. The van der Waals surface area contributed by atoms with Gasteiger partial charge in [-0.25, -0.2) is 0 Å². The summed E-state index contributed by atoms with van der Waals surface area (Å²) in [5.41, 5.74) is 0. The van der Waals surface area contributed by atoms with E-state index in [1.165, 1.54) is 8.61 Å². The molecule has 2 saturated heterocycles. The lowest BCUT2D eigenvalue weighted by Gasteiger charge is -2.31. The van der Waals surface area contributed by atoms with Crippen molar-refractivity contribution in [2.24, 2.45) is 0 Å². The Labute approximate surface area is 108 Å². The van der Waals surface area contributed by atoms with Crippen molar-refractivity contribution >= 4 is 16.1 Å². The van der Waals surface area contributed by atoms with Crippen molar-refractivity contribution in [2.45, 2.75) is 6.42 Å². The fourth-order valence-corrected chi connectivity index (χ4v) is 3.80. The van der Waals surface area contributed by atoms with Gasteiger partial charge in [-0.2, -0.15) is 17.0 Å². The lowest BCUT2D eigenvalue weighted by Crippen LogP contribution is -2.52. The van der Waals surface area contributed by atoms with Crippen LogP contribution in [0.5, 0.6) is 0 Å². The second-order valence-corrected chi connectivity index (χ2v) is 6.59. The summed E-state index contributed by atoms with van der Waals surface area (Å²) in [7, 11) is -1.77. The van der Waals surface area contributed by atoms with Crippen LogP contribution in [0.4, 0.5) is 0 Å². The van der Waals surface area contributed by atoms with Gasteiger partial charge >= 0.3 is 0 Å². The van der Waals surface area contributed by atoms with Gasteiger partial charge in [0.1, 0.15) is 0 Å². The molecule has 7 nitrogen and oxygen atoms in total. The molecule has 0 atom stereocenters. The van der Waals surface area contributed by atoms with E-state index in [4.69, 9.17) is 0 Å². The van der Waals surface area contributed by atoms with Crippen LogP contribution < -0.4 is 5.32 Å². The smallest absolute Gasteiger partial charge is 0.282 e. The van der Waals surface area contributed by atoms with Crippen LogP contribution in [-0.2, 0) is 15.0 Å². The lowest BCUT2D eigenvalue weighted by atomic mass is 10.4. The topological polar surface area (TPSA) is 73.0 Å². The van der Waals surface area contributed by atoms with Crippen molar-refractivity contribution in [3.8, 4) is 0 Å². The van der Waals surface area contributed by atoms with Crippen molar-refractivity contribution in [1.29, 1.82) is 0 Å². The Morgan fingerprint density at radius 2 is 1.72 bits per heavy atom. The van der Waals surface area contributed by atoms with Gasteiger partial charge in [-0.05, 0) is 6.42 Å². The van der Waals surface area contributed by atoms with E-state index in [2.05, 4.69) is 5.32 Å². The highest BCUT2D eigenvalue weighted by Gasteiger charge is 2.33. The third-order valence-corrected chi connectivity index (χ3v) is 5.35. The average molecular weight is 276 g/mol. The van der Waals surface area contributed by atoms with Crippen molar-refractivity contribution in [3.63, 3.8) is 0 Å². The first-order chi connectivity index (χ1) is 8.51. The van der Waals surface area contributed by atoms with E-state index in [0.29, 0.717) is 45.7 Å². The molecular formula is C10H20N4O3S. The van der Waals surface area contributed by atoms with Crippen LogP contribution >= 0.6 is 0 Å². The van der Waals surface area contributed by atoms with Gasteiger partial charge < -0.3 is 10.2 Å². The van der Waals surface area contributed by atoms with Gasteiger partial charge in [0.05, 0.1) is 6.54 Å². The molecule has 0 aromatic heterocycles. The zero-order valence-electron chi connectivity index (χ0n) is 10.6. The predicted octanol–water partition coefficient (Wildman–Crippen LogP) is -1.70. The van der Waals surface area contributed by atoms with Crippen LogP contribution in [-0.4, -0.2) is 80.7 Å². The Bertz CT molecular complexity index is 405. The maximum atomic E-state index is 12.4. The van der Waals surface area contributed by atoms with Gasteiger partial charge in [-0.15, -0.1) is 0 Å². The van der Waals surface area contributed by atoms with E-state index in [0.717, 1.165) is 0 Å². The number of carbonyl (C=O) groups excluding carboxylic acids is 1. The maximum absolute atomic E-state index is 12.4. The molecule has 18 heavy (non-hydrogen) atoms. The van der Waals surface area contributed by atoms with Crippen LogP contribution in [0.25, 0.3) is 0 Å². The first-order valence-corrected chi connectivity index (χ1v) is 7.61. The molecule has 2 heterocycles. The number of nitrogens with one attached hydrogen (secondary N) is 1. The Morgan fingerprint density at radius 3 is 2.39 bits per heavy atom. The van der Waals surface area contributed by atoms with Gasteiger partial charge in [0.25, 0.3) is 10.2 Å². The number of hydrogen-bond donors (Lipinski definition) is 1. The van der Waals surface area contributed by atoms with Gasteiger partial charge in [-0.1, -0.05) is 0 Å². The van der Waals surface area contributed by atoms with E-state index in [9.17, 15) is 13.2 Å². The minimum Gasteiger partial charge on any atom is -0.345 e. The van der Waals surface area contributed by atoms with Crippen LogP contribution in [0.3, 0.4) is 0 Å². The maximum Gasteiger partial charge on any atom is 0.282 e. The van der Waals surface area contributed by atoms with Crippen molar-refractivity contribution in [1.82, 2.24) is 18.8 Å². The molecule has 0 aromatic rings. The summed E-state index contributed by atoms with van der Waals surface area (Å²) >= 11 is 0. The number of piperazine rings is 1. The zero-order chi connectivity index (χ0) is 13.2. The summed E-state index contributed by atoms with van der Waals surface area (Å²) in [4.78, 5) is 13.3. The van der Waals surface area contributed by atoms with Gasteiger partial charge in [0.15, 0.2) is 0 Å². The third kappa shape index (κ3) is 2.82. The van der Waals surface area contributed by atoms with Crippen LogP contribution in [0.2, 0.25) is 0 Å². The highest BCUT2D eigenvalue weighted by molar-refractivity contribution is 7.86. The minimum atomic E-state index is -3.49. The number of hydrogen-bond acceptors (Lipinski definition) is 4. The van der Waals surface area contributed by atoms with E-state index in [1.54, 1.807) is 11.9 Å². The first-order valence-electron chi connectivity index (χ1n) is 6.22. The molecule has 1 N–H and O–H groups in total. The molecule has 2 rings (SSSR count). The minimum absolute atomic E-state index is 0.0389. The van der Waals surface area contributed by atoms with Gasteiger partial charge in [0, 0.05) is 46.3 Å². The molecule has 0 aromatic carbocycles. The molecule has 0 aliphatic carbocycles. The number of nitrogens with zero attached hydrogens (tertiary/aromatic N) is 3. The highest BCUT2D eigenvalue weighted by atomic mass is 32.2. The SMILES string of the molecule is CN1CCCN(S(=O)(=O)N2CCNCC2)CC1=O. The summed E-state index contributed by atoms with van der Waals surface area (Å²) in [6.45, 7) is 3.28. The number of amides is 1. The normalized spacial score (nSPS) is 25.2. The molecule has 0 spiro atoms. The van der Waals surface area contributed by atoms with Crippen molar-refractivity contribution in [2.75, 3.05) is 52.9 Å². The molecule has 0 unspecified atom stereocenters. The van der Waals surface area contributed by atoms with Crippen LogP contribution in [0, 0.1) is 0 Å². The number of carbonyl (C=O) groups is 1. The second kappa shape index (κ2) is 5.52. The molecule has 1 amide bonds. The quantitative estimate of drug-likeness (QED) is 0.652. The van der Waals surface area contributed by atoms with Crippen LogP contribution in [0.1, 0.15) is 6.42 Å². The van der Waals surface area contributed by atoms with Crippen LogP contribution in [0.15, 0.2) is 0 Å². The standard InChI is InChI=1S/C10H20N4O3S/c1-12-5-2-6-14(9-10(12)15)18(16,17)13-7-3-11-4-8-13/h11H,2-9H2,1H3. The van der Waals surface area contributed by atoms with Crippen molar-refractivity contribution in [3.05, 3.63) is 0 Å². The van der Waals surface area contributed by atoms with E-state index < -0.39 is 10.2 Å². The molecule has 0 saturated carbocycles. The Balaban J connectivity index is 2.10. The molecule has 0 bridgehead atoms. The predicted molar refractivity (Wildman–Crippen MR) is 67.2 cm³/mol. The van der Waals surface area contributed by atoms with Crippen molar-refractivity contribution < 1.29 is 13.2 Å². The summed E-state index contributed by atoms with van der Waals surface area (Å²) < 4.78 is 27.6. The lowest BCUT2D eigenvalue weighted by molar-refractivity contribution is -0.129. The summed E-state index contributed by atoms with van der Waals surface area (Å²) in [6.07, 6.45) is 0.688. The molecular weight excluding hydrogens is 256 g/mol. The summed E-state index contributed by atoms with van der Waals surface area (Å²) in [6, 6.07) is 0. The van der Waals surface area contributed by atoms with E-state index in [1.807, 2.05) is 0 Å². The number of likely N-dealkylation sites (N-methyl/N-ethyl adjacent to an activating group) is 1. The fourth-order valence-electron chi connectivity index (χ4n) is 2.19. The molecule has 2 fully saturated rings. The molecule has 0 radical (unpaired) electrons. The molecule has 8 heteroatoms. The average Bonchev–Trinajstić information content (AvgIpc) is 2.54. The Kier molecular flexibility index (Phi) is 4.21. The fraction of sp³-hybridized carbons (Fsp3) is 0.900. The molecule has 2 aliphatic heterocycles. The second-order valence-electron chi connectivity index (χ2n) is 4.66. The van der Waals surface area contributed by atoms with E-state index in [-0.39, 0.29) is 12.5 Å². The summed E-state index contributed by atoms with van der Waals surface area (Å²) in [5, 5.41) is 3.12. The molecule has 2 aliphatic rings. The van der Waals surface area contributed by atoms with Gasteiger partial charge in [-0.3, -0.25) is 4.79 Å². The first kappa shape index (κ1) is 13.7.